The number of carbonyl (C=O) groups excluding carboxylic acids is 1. The lowest BCUT2D eigenvalue weighted by Gasteiger charge is -2.36. The molecule has 4 nitrogen and oxygen atoms in total. The second kappa shape index (κ2) is 6.15. The number of carbonyl (C=O) groups is 1. The van der Waals surface area contributed by atoms with Crippen molar-refractivity contribution in [2.75, 3.05) is 26.7 Å². The molecule has 0 spiro atoms. The van der Waals surface area contributed by atoms with E-state index in [1.165, 1.54) is 11.0 Å². The SMILES string of the molecule is CN1CCN(C(=O)c2cc(Cl)cc(C(F)(F)F)c2)C[C@H]1C#N. The van der Waals surface area contributed by atoms with Crippen molar-refractivity contribution < 1.29 is 18.0 Å². The van der Waals surface area contributed by atoms with Gasteiger partial charge in [-0.3, -0.25) is 9.69 Å². The monoisotopic (exact) mass is 331 g/mol. The summed E-state index contributed by atoms with van der Waals surface area (Å²) in [5.41, 5.74) is -1.09. The van der Waals surface area contributed by atoms with Crippen LogP contribution in [0.1, 0.15) is 15.9 Å². The van der Waals surface area contributed by atoms with Crippen molar-refractivity contribution in [3.63, 3.8) is 0 Å². The minimum atomic E-state index is -4.57. The lowest BCUT2D eigenvalue weighted by Crippen LogP contribution is -2.52. The third kappa shape index (κ3) is 3.51. The highest BCUT2D eigenvalue weighted by Crippen LogP contribution is 2.32. The van der Waals surface area contributed by atoms with Crippen molar-refractivity contribution in [3.8, 4) is 6.07 Å². The first-order chi connectivity index (χ1) is 10.2. The van der Waals surface area contributed by atoms with Crippen LogP contribution in [0.3, 0.4) is 0 Å². The van der Waals surface area contributed by atoms with Crippen molar-refractivity contribution in [1.29, 1.82) is 5.26 Å². The molecule has 0 N–H and O–H groups in total. The molecule has 1 aromatic rings. The number of halogens is 4. The predicted octanol–water partition coefficient (Wildman–Crippen LogP) is 2.64. The van der Waals surface area contributed by atoms with Crippen LogP contribution >= 0.6 is 11.6 Å². The largest absolute Gasteiger partial charge is 0.416 e. The molecule has 1 aliphatic heterocycles. The number of hydrogen-bond acceptors (Lipinski definition) is 3. The number of nitriles is 1. The molecule has 1 aromatic carbocycles. The maximum atomic E-state index is 12.8. The summed E-state index contributed by atoms with van der Waals surface area (Å²) in [7, 11) is 1.76. The Kier molecular flexibility index (Phi) is 4.63. The standard InChI is InChI=1S/C14H13ClF3N3O/c1-20-2-3-21(8-12(20)7-19)13(22)9-4-10(14(16,17)18)6-11(15)5-9/h4-6,12H,2-3,8H2,1H3/t12-/m1/s1. The van der Waals surface area contributed by atoms with Crippen LogP contribution in [-0.2, 0) is 6.18 Å². The fraction of sp³-hybridized carbons (Fsp3) is 0.429. The molecule has 1 atom stereocenters. The van der Waals surface area contributed by atoms with Gasteiger partial charge in [-0.25, -0.2) is 0 Å². The van der Waals surface area contributed by atoms with E-state index in [9.17, 15) is 18.0 Å². The number of nitrogens with zero attached hydrogens (tertiary/aromatic N) is 3. The molecule has 1 saturated heterocycles. The van der Waals surface area contributed by atoms with Gasteiger partial charge in [-0.2, -0.15) is 18.4 Å². The maximum Gasteiger partial charge on any atom is 0.416 e. The van der Waals surface area contributed by atoms with Gasteiger partial charge in [0.2, 0.25) is 0 Å². The van der Waals surface area contributed by atoms with Gasteiger partial charge in [-0.05, 0) is 25.2 Å². The van der Waals surface area contributed by atoms with E-state index in [2.05, 4.69) is 6.07 Å². The van der Waals surface area contributed by atoms with Crippen molar-refractivity contribution in [2.24, 2.45) is 0 Å². The minimum Gasteiger partial charge on any atom is -0.335 e. The highest BCUT2D eigenvalue weighted by Gasteiger charge is 2.33. The second-order valence-corrected chi connectivity index (χ2v) is 5.54. The van der Waals surface area contributed by atoms with E-state index in [1.54, 1.807) is 11.9 Å². The van der Waals surface area contributed by atoms with Crippen LogP contribution in [0.2, 0.25) is 5.02 Å². The van der Waals surface area contributed by atoms with Crippen LogP contribution in [0.25, 0.3) is 0 Å². The van der Waals surface area contributed by atoms with Crippen LogP contribution in [0.5, 0.6) is 0 Å². The van der Waals surface area contributed by atoms with Crippen molar-refractivity contribution in [1.82, 2.24) is 9.80 Å². The van der Waals surface area contributed by atoms with Gasteiger partial charge < -0.3 is 4.90 Å². The topological polar surface area (TPSA) is 47.3 Å². The van der Waals surface area contributed by atoms with Crippen LogP contribution in [0.15, 0.2) is 18.2 Å². The van der Waals surface area contributed by atoms with Crippen molar-refractivity contribution in [2.45, 2.75) is 12.2 Å². The van der Waals surface area contributed by atoms with Gasteiger partial charge in [0, 0.05) is 30.2 Å². The normalized spacial score (nSPS) is 19.8. The van der Waals surface area contributed by atoms with E-state index in [0.29, 0.717) is 13.1 Å². The molecule has 0 bridgehead atoms. The summed E-state index contributed by atoms with van der Waals surface area (Å²) in [4.78, 5) is 15.5. The summed E-state index contributed by atoms with van der Waals surface area (Å²) in [6, 6.07) is 4.36. The molecular weight excluding hydrogens is 319 g/mol. The average Bonchev–Trinajstić information content (AvgIpc) is 2.45. The molecule has 2 rings (SSSR count). The Labute approximate surface area is 130 Å². The van der Waals surface area contributed by atoms with Gasteiger partial charge in [-0.1, -0.05) is 11.6 Å². The van der Waals surface area contributed by atoms with Crippen LogP contribution in [-0.4, -0.2) is 48.4 Å². The molecule has 8 heteroatoms. The molecule has 1 fully saturated rings. The van der Waals surface area contributed by atoms with Crippen molar-refractivity contribution in [3.05, 3.63) is 34.3 Å². The van der Waals surface area contributed by atoms with Crippen LogP contribution < -0.4 is 0 Å². The first-order valence-electron chi connectivity index (χ1n) is 6.49. The van der Waals surface area contributed by atoms with Crippen molar-refractivity contribution >= 4 is 17.5 Å². The first-order valence-corrected chi connectivity index (χ1v) is 6.87. The summed E-state index contributed by atoms with van der Waals surface area (Å²) < 4.78 is 38.4. The van der Waals surface area contributed by atoms with Gasteiger partial charge in [0.1, 0.15) is 6.04 Å². The summed E-state index contributed by atoms with van der Waals surface area (Å²) in [5, 5.41) is 8.88. The molecule has 1 heterocycles. The number of rotatable bonds is 1. The first kappa shape index (κ1) is 16.6. The molecule has 0 radical (unpaired) electrons. The Morgan fingerprint density at radius 2 is 2.05 bits per heavy atom. The average molecular weight is 332 g/mol. The van der Waals surface area contributed by atoms with Gasteiger partial charge in [-0.15, -0.1) is 0 Å². The molecular formula is C14H13ClF3N3O. The van der Waals surface area contributed by atoms with E-state index in [-0.39, 0.29) is 17.1 Å². The Balaban J connectivity index is 2.27. The van der Waals surface area contributed by atoms with E-state index in [1.807, 2.05) is 0 Å². The number of likely N-dealkylation sites (N-methyl/N-ethyl adjacent to an activating group) is 1. The molecule has 1 amide bonds. The van der Waals surface area contributed by atoms with Gasteiger partial charge >= 0.3 is 6.18 Å². The third-order valence-corrected chi connectivity index (χ3v) is 3.77. The minimum absolute atomic E-state index is 0.124. The predicted molar refractivity (Wildman–Crippen MR) is 74.4 cm³/mol. The molecule has 118 valence electrons. The highest BCUT2D eigenvalue weighted by atomic mass is 35.5. The Bertz CT molecular complexity index is 627. The quantitative estimate of drug-likeness (QED) is 0.795. The fourth-order valence-corrected chi connectivity index (χ4v) is 2.49. The zero-order valence-corrected chi connectivity index (χ0v) is 12.4. The summed E-state index contributed by atoms with van der Waals surface area (Å²) in [6.45, 7) is 0.984. The molecule has 0 aromatic heterocycles. The van der Waals surface area contributed by atoms with Gasteiger partial charge in [0.25, 0.3) is 5.91 Å². The number of piperazine rings is 1. The van der Waals surface area contributed by atoms with E-state index in [4.69, 9.17) is 16.9 Å². The smallest absolute Gasteiger partial charge is 0.335 e. The molecule has 0 unspecified atom stereocenters. The number of alkyl halides is 3. The van der Waals surface area contributed by atoms with E-state index >= 15 is 0 Å². The Hall–Kier alpha value is -1.78. The zero-order valence-electron chi connectivity index (χ0n) is 11.7. The van der Waals surface area contributed by atoms with Crippen LogP contribution in [0.4, 0.5) is 13.2 Å². The Morgan fingerprint density at radius 1 is 1.36 bits per heavy atom. The number of amides is 1. The maximum absolute atomic E-state index is 12.8. The summed E-state index contributed by atoms with van der Waals surface area (Å²) >= 11 is 5.69. The molecule has 0 aliphatic carbocycles. The van der Waals surface area contributed by atoms with E-state index in [0.717, 1.165) is 12.1 Å². The third-order valence-electron chi connectivity index (χ3n) is 3.56. The summed E-state index contributed by atoms with van der Waals surface area (Å²) in [6.07, 6.45) is -4.57. The van der Waals surface area contributed by atoms with E-state index < -0.39 is 23.7 Å². The van der Waals surface area contributed by atoms with Gasteiger partial charge in [0.15, 0.2) is 0 Å². The fourth-order valence-electron chi connectivity index (χ4n) is 2.26. The Morgan fingerprint density at radius 3 is 2.64 bits per heavy atom. The highest BCUT2D eigenvalue weighted by molar-refractivity contribution is 6.31. The molecule has 22 heavy (non-hydrogen) atoms. The zero-order chi connectivity index (χ0) is 16.5. The number of benzene rings is 1. The summed E-state index contributed by atoms with van der Waals surface area (Å²) in [5.74, 6) is -0.554. The van der Waals surface area contributed by atoms with Crippen LogP contribution in [0, 0.1) is 11.3 Å². The lowest BCUT2D eigenvalue weighted by atomic mass is 10.1. The lowest BCUT2D eigenvalue weighted by molar-refractivity contribution is -0.137. The molecule has 0 saturated carbocycles. The number of hydrogen-bond donors (Lipinski definition) is 0. The molecule has 1 aliphatic rings. The van der Waals surface area contributed by atoms with Gasteiger partial charge in [0.05, 0.1) is 11.6 Å². The second-order valence-electron chi connectivity index (χ2n) is 5.10.